The Bertz CT molecular complexity index is 528. The highest BCUT2D eigenvalue weighted by Gasteiger charge is 2.30. The number of aliphatic carboxylic acids is 1. The molecule has 0 aromatic heterocycles. The van der Waals surface area contributed by atoms with Crippen molar-refractivity contribution in [3.8, 4) is 0 Å². The van der Waals surface area contributed by atoms with E-state index in [1.54, 1.807) is 4.90 Å². The smallest absolute Gasteiger partial charge is 0.317 e. The lowest BCUT2D eigenvalue weighted by atomic mass is 10.1. The van der Waals surface area contributed by atoms with Crippen LogP contribution in [-0.4, -0.2) is 35.1 Å². The Morgan fingerprint density at radius 1 is 1.40 bits per heavy atom. The van der Waals surface area contributed by atoms with E-state index in [9.17, 15) is 9.59 Å². The maximum Gasteiger partial charge on any atom is 0.317 e. The molecule has 2 rings (SSSR count). The zero-order chi connectivity index (χ0) is 14.7. The molecule has 1 saturated heterocycles. The summed E-state index contributed by atoms with van der Waals surface area (Å²) in [6.45, 7) is 5.33. The van der Waals surface area contributed by atoms with Gasteiger partial charge in [0.15, 0.2) is 0 Å². The van der Waals surface area contributed by atoms with Gasteiger partial charge in [-0.2, -0.15) is 0 Å². The van der Waals surface area contributed by atoms with Crippen LogP contribution < -0.4 is 5.32 Å². The fraction of sp³-hybridized carbons (Fsp3) is 0.467. The summed E-state index contributed by atoms with van der Waals surface area (Å²) in [6.07, 6.45) is 0.534. The molecule has 5 heteroatoms. The number of hydrogen-bond acceptors (Lipinski definition) is 2. The molecule has 2 amide bonds. The molecule has 1 aromatic rings. The third-order valence-electron chi connectivity index (χ3n) is 3.75. The molecule has 108 valence electrons. The van der Waals surface area contributed by atoms with Gasteiger partial charge in [0, 0.05) is 19.6 Å². The van der Waals surface area contributed by atoms with Gasteiger partial charge in [-0.25, -0.2) is 4.79 Å². The topological polar surface area (TPSA) is 69.6 Å². The molecule has 1 aliphatic rings. The molecule has 20 heavy (non-hydrogen) atoms. The Morgan fingerprint density at radius 3 is 2.75 bits per heavy atom. The minimum absolute atomic E-state index is 0.186. The summed E-state index contributed by atoms with van der Waals surface area (Å²) in [4.78, 5) is 24.4. The average Bonchev–Trinajstić information content (AvgIpc) is 2.87. The predicted molar refractivity (Wildman–Crippen MR) is 75.5 cm³/mol. The van der Waals surface area contributed by atoms with Gasteiger partial charge in [0.05, 0.1) is 5.92 Å². The number of aryl methyl sites for hydroxylation is 2. The van der Waals surface area contributed by atoms with Crippen molar-refractivity contribution >= 4 is 12.0 Å². The highest BCUT2D eigenvalue weighted by Crippen LogP contribution is 2.16. The Morgan fingerprint density at radius 2 is 2.15 bits per heavy atom. The molecular formula is C15H20N2O3. The first-order valence-electron chi connectivity index (χ1n) is 6.79. The monoisotopic (exact) mass is 276 g/mol. The Hall–Kier alpha value is -2.04. The zero-order valence-electron chi connectivity index (χ0n) is 11.8. The van der Waals surface area contributed by atoms with Crippen LogP contribution in [0, 0.1) is 19.8 Å². The third-order valence-corrected chi connectivity index (χ3v) is 3.75. The van der Waals surface area contributed by atoms with Gasteiger partial charge in [-0.05, 0) is 31.4 Å². The standard InChI is InChI=1S/C15H20N2O3/c1-10-3-4-12(11(2)7-10)8-16-15(20)17-6-5-13(9-17)14(18)19/h3-4,7,13H,5-6,8-9H2,1-2H3,(H,16,20)(H,18,19). The molecule has 0 spiro atoms. The molecular weight excluding hydrogens is 256 g/mol. The number of benzene rings is 1. The molecule has 0 saturated carbocycles. The molecule has 0 aliphatic carbocycles. The molecule has 1 unspecified atom stereocenters. The fourth-order valence-electron chi connectivity index (χ4n) is 2.47. The lowest BCUT2D eigenvalue weighted by Gasteiger charge is -2.17. The number of urea groups is 1. The minimum atomic E-state index is -0.824. The van der Waals surface area contributed by atoms with Crippen molar-refractivity contribution < 1.29 is 14.7 Å². The number of amides is 2. The van der Waals surface area contributed by atoms with Gasteiger partial charge in [0.2, 0.25) is 0 Å². The molecule has 5 nitrogen and oxygen atoms in total. The maximum atomic E-state index is 12.0. The third kappa shape index (κ3) is 3.29. The highest BCUT2D eigenvalue weighted by molar-refractivity contribution is 5.77. The van der Waals surface area contributed by atoms with Crippen molar-refractivity contribution in [3.05, 3.63) is 34.9 Å². The van der Waals surface area contributed by atoms with Crippen LogP contribution in [0.15, 0.2) is 18.2 Å². The van der Waals surface area contributed by atoms with Gasteiger partial charge in [-0.3, -0.25) is 4.79 Å². The van der Waals surface area contributed by atoms with Crippen LogP contribution in [0.2, 0.25) is 0 Å². The van der Waals surface area contributed by atoms with Crippen LogP contribution in [0.1, 0.15) is 23.1 Å². The SMILES string of the molecule is Cc1ccc(CNC(=O)N2CCC(C(=O)O)C2)c(C)c1. The Labute approximate surface area is 118 Å². The van der Waals surface area contributed by atoms with E-state index in [1.165, 1.54) is 5.56 Å². The molecule has 0 radical (unpaired) electrons. The van der Waals surface area contributed by atoms with E-state index >= 15 is 0 Å². The molecule has 1 aromatic carbocycles. The van der Waals surface area contributed by atoms with Crippen LogP contribution in [0.3, 0.4) is 0 Å². The first-order chi connectivity index (χ1) is 9.47. The second kappa shape index (κ2) is 5.94. The Kier molecular flexibility index (Phi) is 4.27. The van der Waals surface area contributed by atoms with Gasteiger partial charge in [0.25, 0.3) is 0 Å². The lowest BCUT2D eigenvalue weighted by molar-refractivity contribution is -0.141. The number of rotatable bonds is 3. The number of nitrogens with zero attached hydrogens (tertiary/aromatic N) is 1. The number of likely N-dealkylation sites (tertiary alicyclic amines) is 1. The zero-order valence-corrected chi connectivity index (χ0v) is 11.8. The van der Waals surface area contributed by atoms with E-state index in [0.29, 0.717) is 26.1 Å². The largest absolute Gasteiger partial charge is 0.481 e. The number of carboxylic acids is 1. The summed E-state index contributed by atoms with van der Waals surface area (Å²) in [5.41, 5.74) is 3.43. The number of carboxylic acid groups (broad SMARTS) is 1. The molecule has 1 heterocycles. The first kappa shape index (κ1) is 14.4. The first-order valence-corrected chi connectivity index (χ1v) is 6.79. The van der Waals surface area contributed by atoms with Crippen LogP contribution in [-0.2, 0) is 11.3 Å². The minimum Gasteiger partial charge on any atom is -0.481 e. The lowest BCUT2D eigenvalue weighted by Crippen LogP contribution is -2.38. The van der Waals surface area contributed by atoms with E-state index in [0.717, 1.165) is 11.1 Å². The molecule has 0 bridgehead atoms. The predicted octanol–water partition coefficient (Wildman–Crippen LogP) is 1.92. The second-order valence-corrected chi connectivity index (χ2v) is 5.36. The molecule has 2 N–H and O–H groups in total. The van der Waals surface area contributed by atoms with Crippen molar-refractivity contribution in [1.29, 1.82) is 0 Å². The van der Waals surface area contributed by atoms with E-state index in [1.807, 2.05) is 26.0 Å². The molecule has 1 aliphatic heterocycles. The van der Waals surface area contributed by atoms with Gasteiger partial charge in [0.1, 0.15) is 0 Å². The van der Waals surface area contributed by atoms with Gasteiger partial charge in [-0.15, -0.1) is 0 Å². The highest BCUT2D eigenvalue weighted by atomic mass is 16.4. The van der Waals surface area contributed by atoms with Crippen molar-refractivity contribution in [2.45, 2.75) is 26.8 Å². The number of carbonyl (C=O) groups excluding carboxylic acids is 1. The summed E-state index contributed by atoms with van der Waals surface area (Å²) >= 11 is 0. The summed E-state index contributed by atoms with van der Waals surface area (Å²) < 4.78 is 0. The van der Waals surface area contributed by atoms with Gasteiger partial charge >= 0.3 is 12.0 Å². The Balaban J connectivity index is 1.88. The van der Waals surface area contributed by atoms with E-state index in [2.05, 4.69) is 11.4 Å². The number of carbonyl (C=O) groups is 2. The van der Waals surface area contributed by atoms with Gasteiger partial charge < -0.3 is 15.3 Å². The van der Waals surface area contributed by atoms with Crippen molar-refractivity contribution in [2.24, 2.45) is 5.92 Å². The van der Waals surface area contributed by atoms with E-state index in [4.69, 9.17) is 5.11 Å². The van der Waals surface area contributed by atoms with E-state index in [-0.39, 0.29) is 6.03 Å². The van der Waals surface area contributed by atoms with Crippen molar-refractivity contribution in [3.63, 3.8) is 0 Å². The summed E-state index contributed by atoms with van der Waals surface area (Å²) in [7, 11) is 0. The molecule has 1 fully saturated rings. The maximum absolute atomic E-state index is 12.0. The van der Waals surface area contributed by atoms with Gasteiger partial charge in [-0.1, -0.05) is 23.8 Å². The molecule has 1 atom stereocenters. The van der Waals surface area contributed by atoms with Crippen LogP contribution in [0.25, 0.3) is 0 Å². The van der Waals surface area contributed by atoms with E-state index < -0.39 is 11.9 Å². The number of hydrogen-bond donors (Lipinski definition) is 2. The quantitative estimate of drug-likeness (QED) is 0.886. The van der Waals surface area contributed by atoms with Crippen LogP contribution in [0.5, 0.6) is 0 Å². The summed E-state index contributed by atoms with van der Waals surface area (Å²) in [5, 5.41) is 11.8. The second-order valence-electron chi connectivity index (χ2n) is 5.36. The summed E-state index contributed by atoms with van der Waals surface area (Å²) in [6, 6.07) is 5.92. The summed E-state index contributed by atoms with van der Waals surface area (Å²) in [5.74, 6) is -1.25. The normalized spacial score (nSPS) is 18.1. The van der Waals surface area contributed by atoms with Crippen LogP contribution >= 0.6 is 0 Å². The number of nitrogens with one attached hydrogen (secondary N) is 1. The van der Waals surface area contributed by atoms with Crippen molar-refractivity contribution in [2.75, 3.05) is 13.1 Å². The van der Waals surface area contributed by atoms with Crippen LogP contribution in [0.4, 0.5) is 4.79 Å². The van der Waals surface area contributed by atoms with Crippen molar-refractivity contribution in [1.82, 2.24) is 10.2 Å². The average molecular weight is 276 g/mol. The fourth-order valence-corrected chi connectivity index (χ4v) is 2.47.